The largest absolute Gasteiger partial charge is 0.506 e. The molecular weight excluding hydrogens is 267 g/mol. The molecule has 1 aromatic heterocycles. The normalized spacial score (nSPS) is 10.8. The number of nitrogens with one attached hydrogen (secondary N) is 1. The van der Waals surface area contributed by atoms with E-state index in [4.69, 9.17) is 0 Å². The molecule has 0 aliphatic rings. The van der Waals surface area contributed by atoms with Crippen molar-refractivity contribution in [3.8, 4) is 5.75 Å². The van der Waals surface area contributed by atoms with E-state index in [9.17, 15) is 14.3 Å². The van der Waals surface area contributed by atoms with Gasteiger partial charge in [-0.15, -0.1) is 11.3 Å². The van der Waals surface area contributed by atoms with Gasteiger partial charge in [-0.25, -0.2) is 9.37 Å². The maximum atomic E-state index is 13.0. The number of phenols is 1. The molecule has 98 valence electrons. The summed E-state index contributed by atoms with van der Waals surface area (Å²) in [6, 6.07) is 3.35. The van der Waals surface area contributed by atoms with E-state index >= 15 is 0 Å². The summed E-state index contributed by atoms with van der Waals surface area (Å²) in [5, 5.41) is 12.8. The van der Waals surface area contributed by atoms with Crippen molar-refractivity contribution in [2.75, 3.05) is 5.32 Å². The van der Waals surface area contributed by atoms with E-state index in [1.807, 2.05) is 6.92 Å². The van der Waals surface area contributed by atoms with Crippen molar-refractivity contribution in [1.29, 1.82) is 0 Å². The Bertz CT molecular complexity index is 637. The average Bonchev–Trinajstić information content (AvgIpc) is 2.77. The van der Waals surface area contributed by atoms with Crippen LogP contribution in [0.5, 0.6) is 5.75 Å². The van der Waals surface area contributed by atoms with Crippen LogP contribution in [0.15, 0.2) is 30.5 Å². The van der Waals surface area contributed by atoms with E-state index in [2.05, 4.69) is 10.3 Å². The molecule has 0 aliphatic heterocycles. The number of benzene rings is 1. The number of halogens is 1. The maximum absolute atomic E-state index is 13.0. The molecule has 0 saturated heterocycles. The molecule has 0 atom stereocenters. The summed E-state index contributed by atoms with van der Waals surface area (Å²) in [6.45, 7) is 1.87. The van der Waals surface area contributed by atoms with Gasteiger partial charge in [-0.1, -0.05) is 0 Å². The fourth-order valence-electron chi connectivity index (χ4n) is 1.40. The number of aromatic nitrogens is 1. The third-order valence-electron chi connectivity index (χ3n) is 2.25. The Morgan fingerprint density at radius 1 is 1.53 bits per heavy atom. The number of carbonyl (C=O) groups excluding carboxylic acids is 1. The second-order valence-electron chi connectivity index (χ2n) is 3.77. The lowest BCUT2D eigenvalue weighted by Crippen LogP contribution is -2.08. The van der Waals surface area contributed by atoms with Crippen LogP contribution < -0.4 is 5.32 Å². The lowest BCUT2D eigenvalue weighted by molar-refractivity contribution is -0.111. The highest BCUT2D eigenvalue weighted by molar-refractivity contribution is 7.12. The number of anilines is 1. The molecule has 0 unspecified atom stereocenters. The van der Waals surface area contributed by atoms with Gasteiger partial charge in [-0.05, 0) is 25.1 Å². The Balaban J connectivity index is 2.05. The molecule has 1 aromatic carbocycles. The number of rotatable bonds is 3. The number of hydrogen-bond donors (Lipinski definition) is 2. The summed E-state index contributed by atoms with van der Waals surface area (Å²) < 4.78 is 13.0. The molecule has 6 heteroatoms. The summed E-state index contributed by atoms with van der Waals surface area (Å²) in [5.41, 5.74) is 0.0372. The van der Waals surface area contributed by atoms with Gasteiger partial charge in [0, 0.05) is 23.2 Å². The fourth-order valence-corrected chi connectivity index (χ4v) is 2.08. The number of amides is 1. The van der Waals surface area contributed by atoms with Gasteiger partial charge in [-0.2, -0.15) is 0 Å². The van der Waals surface area contributed by atoms with Gasteiger partial charge >= 0.3 is 0 Å². The molecule has 2 N–H and O–H groups in total. The molecule has 2 rings (SSSR count). The van der Waals surface area contributed by atoms with Crippen molar-refractivity contribution < 1.29 is 14.3 Å². The van der Waals surface area contributed by atoms with Gasteiger partial charge in [0.2, 0.25) is 5.91 Å². The van der Waals surface area contributed by atoms with Crippen molar-refractivity contribution in [3.63, 3.8) is 0 Å². The molecule has 2 aromatic rings. The van der Waals surface area contributed by atoms with E-state index in [0.29, 0.717) is 0 Å². The van der Waals surface area contributed by atoms with Gasteiger partial charge in [0.15, 0.2) is 0 Å². The summed E-state index contributed by atoms with van der Waals surface area (Å²) in [4.78, 5) is 16.5. The summed E-state index contributed by atoms with van der Waals surface area (Å²) in [7, 11) is 0. The molecule has 0 aliphatic carbocycles. The van der Waals surface area contributed by atoms with Crippen LogP contribution >= 0.6 is 11.3 Å². The molecule has 0 bridgehead atoms. The van der Waals surface area contributed by atoms with Gasteiger partial charge in [0.05, 0.1) is 10.7 Å². The van der Waals surface area contributed by atoms with E-state index in [-0.39, 0.29) is 11.4 Å². The van der Waals surface area contributed by atoms with Crippen LogP contribution in [-0.4, -0.2) is 16.0 Å². The Hall–Kier alpha value is -2.21. The SMILES string of the molecule is Cc1ncc(/C=C/C(=O)Nc2cc(F)ccc2O)s1. The zero-order valence-corrected chi connectivity index (χ0v) is 10.9. The number of aryl methyl sites for hydroxylation is 1. The molecule has 19 heavy (non-hydrogen) atoms. The average molecular weight is 278 g/mol. The third-order valence-corrected chi connectivity index (χ3v) is 3.13. The highest BCUT2D eigenvalue weighted by Crippen LogP contribution is 2.23. The van der Waals surface area contributed by atoms with Gasteiger partial charge in [0.25, 0.3) is 0 Å². The van der Waals surface area contributed by atoms with Crippen LogP contribution in [0, 0.1) is 12.7 Å². The Labute approximate surface area is 113 Å². The molecular formula is C13H11FN2O2S. The van der Waals surface area contributed by atoms with Crippen molar-refractivity contribution in [2.45, 2.75) is 6.92 Å². The van der Waals surface area contributed by atoms with Crippen molar-refractivity contribution in [2.24, 2.45) is 0 Å². The molecule has 0 saturated carbocycles. The van der Waals surface area contributed by atoms with E-state index in [0.717, 1.165) is 22.0 Å². The fraction of sp³-hybridized carbons (Fsp3) is 0.0769. The van der Waals surface area contributed by atoms with Crippen LogP contribution in [0.3, 0.4) is 0 Å². The molecule has 0 spiro atoms. The number of carbonyl (C=O) groups is 1. The first-order chi connectivity index (χ1) is 9.04. The van der Waals surface area contributed by atoms with Gasteiger partial charge in [0.1, 0.15) is 11.6 Å². The molecule has 0 radical (unpaired) electrons. The Morgan fingerprint density at radius 3 is 3.00 bits per heavy atom. The third kappa shape index (κ3) is 3.62. The van der Waals surface area contributed by atoms with E-state index in [1.165, 1.54) is 23.5 Å². The number of thiazole rings is 1. The van der Waals surface area contributed by atoms with Crippen LogP contribution in [-0.2, 0) is 4.79 Å². The molecule has 1 heterocycles. The van der Waals surface area contributed by atoms with Crippen LogP contribution in [0.2, 0.25) is 0 Å². The lowest BCUT2D eigenvalue weighted by Gasteiger charge is -2.04. The summed E-state index contributed by atoms with van der Waals surface area (Å²) >= 11 is 1.45. The topological polar surface area (TPSA) is 62.2 Å². The monoisotopic (exact) mass is 278 g/mol. The zero-order chi connectivity index (χ0) is 13.8. The summed E-state index contributed by atoms with van der Waals surface area (Å²) in [6.07, 6.45) is 4.57. The molecule has 1 amide bonds. The van der Waals surface area contributed by atoms with Crippen LogP contribution in [0.1, 0.15) is 9.88 Å². The standard InChI is InChI=1S/C13H11FN2O2S/c1-8-15-7-10(19-8)3-5-13(18)16-11-6-9(14)2-4-12(11)17/h2-7,17H,1H3,(H,16,18)/b5-3+. The quantitative estimate of drug-likeness (QED) is 0.670. The number of hydrogen-bond acceptors (Lipinski definition) is 4. The second-order valence-corrected chi connectivity index (χ2v) is 5.03. The minimum Gasteiger partial charge on any atom is -0.506 e. The first kappa shape index (κ1) is 13.2. The zero-order valence-electron chi connectivity index (χ0n) is 10.1. The highest BCUT2D eigenvalue weighted by atomic mass is 32.1. The van der Waals surface area contributed by atoms with Crippen molar-refractivity contribution in [1.82, 2.24) is 4.98 Å². The van der Waals surface area contributed by atoms with Gasteiger partial charge in [-0.3, -0.25) is 4.79 Å². The van der Waals surface area contributed by atoms with Crippen molar-refractivity contribution in [3.05, 3.63) is 46.2 Å². The Morgan fingerprint density at radius 2 is 2.32 bits per heavy atom. The van der Waals surface area contributed by atoms with Crippen LogP contribution in [0.4, 0.5) is 10.1 Å². The highest BCUT2D eigenvalue weighted by Gasteiger charge is 2.05. The maximum Gasteiger partial charge on any atom is 0.248 e. The molecule has 4 nitrogen and oxygen atoms in total. The predicted molar refractivity (Wildman–Crippen MR) is 72.6 cm³/mol. The van der Waals surface area contributed by atoms with E-state index < -0.39 is 11.7 Å². The summed E-state index contributed by atoms with van der Waals surface area (Å²) in [5.74, 6) is -1.17. The first-order valence-corrected chi connectivity index (χ1v) is 6.26. The number of nitrogens with zero attached hydrogens (tertiary/aromatic N) is 1. The molecule has 0 fully saturated rings. The van der Waals surface area contributed by atoms with Gasteiger partial charge < -0.3 is 10.4 Å². The predicted octanol–water partition coefficient (Wildman–Crippen LogP) is 2.95. The smallest absolute Gasteiger partial charge is 0.248 e. The van der Waals surface area contributed by atoms with Crippen molar-refractivity contribution >= 4 is 29.0 Å². The van der Waals surface area contributed by atoms with Crippen LogP contribution in [0.25, 0.3) is 6.08 Å². The first-order valence-electron chi connectivity index (χ1n) is 5.44. The van der Waals surface area contributed by atoms with E-state index in [1.54, 1.807) is 12.3 Å². The number of phenolic OH excluding ortho intramolecular Hbond substituents is 1. The number of aromatic hydroxyl groups is 1. The minimum absolute atomic E-state index is 0.0372. The lowest BCUT2D eigenvalue weighted by atomic mass is 10.3. The minimum atomic E-state index is -0.532. The Kier molecular flexibility index (Phi) is 3.91. The second kappa shape index (κ2) is 5.62.